The van der Waals surface area contributed by atoms with Gasteiger partial charge in [-0.3, -0.25) is 0 Å². The molecule has 3 aromatic rings. The van der Waals surface area contributed by atoms with E-state index in [4.69, 9.17) is 0 Å². The number of hydrogen-bond donors (Lipinski definition) is 0. The van der Waals surface area contributed by atoms with E-state index in [1.807, 2.05) is 0 Å². The van der Waals surface area contributed by atoms with Crippen LogP contribution in [0.15, 0.2) is 48.5 Å². The van der Waals surface area contributed by atoms with Crippen molar-refractivity contribution in [1.82, 2.24) is 4.57 Å². The molecule has 0 aliphatic heterocycles. The van der Waals surface area contributed by atoms with Gasteiger partial charge in [0.05, 0.1) is 0 Å². The molecule has 108 valence electrons. The zero-order valence-electron chi connectivity index (χ0n) is 12.5. The molecule has 0 fully saturated rings. The fraction of sp³-hybridized carbons (Fsp3) is 0.316. The standard InChI is InChI=1S/C19H21NO/c1-2-7-15(14-21)12-13-20-18-10-5-3-8-16(18)17-9-4-6-11-19(17)20/h3-6,8-11,14-15H,2,7,12-13H2,1H3. The first-order valence-corrected chi connectivity index (χ1v) is 7.76. The molecule has 0 amide bonds. The Morgan fingerprint density at radius 1 is 0.952 bits per heavy atom. The number of aromatic nitrogens is 1. The predicted octanol–water partition coefficient (Wildman–Crippen LogP) is 4.80. The molecule has 0 saturated carbocycles. The van der Waals surface area contributed by atoms with Crippen molar-refractivity contribution in [2.75, 3.05) is 0 Å². The van der Waals surface area contributed by atoms with Gasteiger partial charge >= 0.3 is 0 Å². The lowest BCUT2D eigenvalue weighted by atomic mass is 10.0. The summed E-state index contributed by atoms with van der Waals surface area (Å²) in [5.41, 5.74) is 2.53. The van der Waals surface area contributed by atoms with Crippen molar-refractivity contribution in [3.8, 4) is 0 Å². The summed E-state index contributed by atoms with van der Waals surface area (Å²) in [7, 11) is 0. The fourth-order valence-corrected chi connectivity index (χ4v) is 3.19. The molecule has 0 spiro atoms. The fourth-order valence-electron chi connectivity index (χ4n) is 3.19. The first-order valence-electron chi connectivity index (χ1n) is 7.76. The molecular formula is C19H21NO. The number of fused-ring (bicyclic) bond motifs is 3. The Morgan fingerprint density at radius 3 is 2.05 bits per heavy atom. The molecule has 1 atom stereocenters. The lowest BCUT2D eigenvalue weighted by molar-refractivity contribution is -0.111. The second-order valence-corrected chi connectivity index (χ2v) is 5.66. The Hall–Kier alpha value is -2.09. The Labute approximate surface area is 125 Å². The Morgan fingerprint density at radius 2 is 1.52 bits per heavy atom. The first kappa shape index (κ1) is 13.9. The predicted molar refractivity (Wildman–Crippen MR) is 88.5 cm³/mol. The molecule has 0 aliphatic rings. The monoisotopic (exact) mass is 279 g/mol. The van der Waals surface area contributed by atoms with Gasteiger partial charge in [-0.1, -0.05) is 49.7 Å². The summed E-state index contributed by atoms with van der Waals surface area (Å²) in [4.78, 5) is 11.2. The van der Waals surface area contributed by atoms with E-state index in [2.05, 4.69) is 60.0 Å². The molecule has 0 bridgehead atoms. The minimum Gasteiger partial charge on any atom is -0.340 e. The molecule has 2 heteroatoms. The Balaban J connectivity index is 2.01. The first-order chi connectivity index (χ1) is 10.3. The van der Waals surface area contributed by atoms with Crippen LogP contribution in [0.3, 0.4) is 0 Å². The molecule has 1 heterocycles. The second-order valence-electron chi connectivity index (χ2n) is 5.66. The van der Waals surface area contributed by atoms with E-state index >= 15 is 0 Å². The van der Waals surface area contributed by atoms with Crippen LogP contribution < -0.4 is 0 Å². The third-order valence-electron chi connectivity index (χ3n) is 4.26. The molecule has 0 N–H and O–H groups in total. The molecule has 2 nitrogen and oxygen atoms in total. The van der Waals surface area contributed by atoms with Crippen LogP contribution in [-0.4, -0.2) is 10.9 Å². The minimum absolute atomic E-state index is 0.176. The average molecular weight is 279 g/mol. The van der Waals surface area contributed by atoms with Crippen molar-refractivity contribution >= 4 is 28.1 Å². The normalized spacial score (nSPS) is 12.8. The Bertz CT molecular complexity index is 703. The molecule has 0 aliphatic carbocycles. The summed E-state index contributed by atoms with van der Waals surface area (Å²) >= 11 is 0. The quantitative estimate of drug-likeness (QED) is 0.594. The maximum Gasteiger partial charge on any atom is 0.123 e. The number of benzene rings is 2. The van der Waals surface area contributed by atoms with Gasteiger partial charge in [-0.2, -0.15) is 0 Å². The van der Waals surface area contributed by atoms with Crippen LogP contribution in [0.2, 0.25) is 0 Å². The molecule has 21 heavy (non-hydrogen) atoms. The van der Waals surface area contributed by atoms with Gasteiger partial charge in [0.25, 0.3) is 0 Å². The summed E-state index contributed by atoms with van der Waals surface area (Å²) < 4.78 is 2.36. The molecular weight excluding hydrogens is 258 g/mol. The van der Waals surface area contributed by atoms with Crippen LogP contribution in [0, 0.1) is 5.92 Å². The Kier molecular flexibility index (Phi) is 4.05. The van der Waals surface area contributed by atoms with Crippen molar-refractivity contribution in [3.63, 3.8) is 0 Å². The maximum atomic E-state index is 11.2. The van der Waals surface area contributed by atoms with E-state index in [1.165, 1.54) is 21.8 Å². The average Bonchev–Trinajstić information content (AvgIpc) is 2.86. The van der Waals surface area contributed by atoms with Crippen LogP contribution >= 0.6 is 0 Å². The van der Waals surface area contributed by atoms with Gasteiger partial charge in [-0.15, -0.1) is 0 Å². The highest BCUT2D eigenvalue weighted by Gasteiger charge is 2.12. The van der Waals surface area contributed by atoms with Crippen molar-refractivity contribution in [2.45, 2.75) is 32.7 Å². The van der Waals surface area contributed by atoms with E-state index < -0.39 is 0 Å². The number of aryl methyl sites for hydroxylation is 1. The molecule has 3 rings (SSSR count). The topological polar surface area (TPSA) is 22.0 Å². The number of nitrogens with zero attached hydrogens (tertiary/aromatic N) is 1. The van der Waals surface area contributed by atoms with Gasteiger partial charge in [-0.25, -0.2) is 0 Å². The van der Waals surface area contributed by atoms with Gasteiger partial charge in [0.1, 0.15) is 6.29 Å². The maximum absolute atomic E-state index is 11.2. The highest BCUT2D eigenvalue weighted by molar-refractivity contribution is 6.07. The van der Waals surface area contributed by atoms with Gasteiger partial charge in [0.15, 0.2) is 0 Å². The van der Waals surface area contributed by atoms with Crippen molar-refractivity contribution < 1.29 is 4.79 Å². The number of aldehydes is 1. The zero-order chi connectivity index (χ0) is 14.7. The van der Waals surface area contributed by atoms with Gasteiger partial charge < -0.3 is 9.36 Å². The number of hydrogen-bond acceptors (Lipinski definition) is 1. The second kappa shape index (κ2) is 6.13. The molecule has 1 unspecified atom stereocenters. The number of rotatable bonds is 6. The molecule has 0 saturated heterocycles. The van der Waals surface area contributed by atoms with Crippen LogP contribution in [0.1, 0.15) is 26.2 Å². The highest BCUT2D eigenvalue weighted by atomic mass is 16.1. The minimum atomic E-state index is 0.176. The summed E-state index contributed by atoms with van der Waals surface area (Å²) in [6.07, 6.45) is 4.09. The van der Waals surface area contributed by atoms with Gasteiger partial charge in [0, 0.05) is 34.3 Å². The smallest absolute Gasteiger partial charge is 0.123 e. The summed E-state index contributed by atoms with van der Waals surface area (Å²) in [6, 6.07) is 17.0. The number of carbonyl (C=O) groups excluding carboxylic acids is 1. The third kappa shape index (κ3) is 2.58. The third-order valence-corrected chi connectivity index (χ3v) is 4.26. The van der Waals surface area contributed by atoms with Gasteiger partial charge in [-0.05, 0) is 25.0 Å². The summed E-state index contributed by atoms with van der Waals surface area (Å²) in [6.45, 7) is 3.04. The van der Waals surface area contributed by atoms with Crippen LogP contribution in [0.25, 0.3) is 21.8 Å². The van der Waals surface area contributed by atoms with Crippen molar-refractivity contribution in [3.05, 3.63) is 48.5 Å². The van der Waals surface area contributed by atoms with Crippen LogP contribution in [0.5, 0.6) is 0 Å². The van der Waals surface area contributed by atoms with Crippen LogP contribution in [0.4, 0.5) is 0 Å². The van der Waals surface area contributed by atoms with Crippen LogP contribution in [-0.2, 0) is 11.3 Å². The largest absolute Gasteiger partial charge is 0.340 e. The van der Waals surface area contributed by atoms with Crippen molar-refractivity contribution in [1.29, 1.82) is 0 Å². The highest BCUT2D eigenvalue weighted by Crippen LogP contribution is 2.29. The van der Waals surface area contributed by atoms with E-state index in [-0.39, 0.29) is 5.92 Å². The zero-order valence-corrected chi connectivity index (χ0v) is 12.5. The SMILES string of the molecule is CCCC(C=O)CCn1c2ccccc2c2ccccc21. The molecule has 1 aromatic heterocycles. The molecule has 0 radical (unpaired) electrons. The number of para-hydroxylation sites is 2. The van der Waals surface area contributed by atoms with Gasteiger partial charge in [0.2, 0.25) is 0 Å². The van der Waals surface area contributed by atoms with E-state index in [0.717, 1.165) is 32.1 Å². The summed E-state index contributed by atoms with van der Waals surface area (Å²) in [5, 5.41) is 2.59. The lowest BCUT2D eigenvalue weighted by Gasteiger charge is -2.11. The van der Waals surface area contributed by atoms with E-state index in [9.17, 15) is 4.79 Å². The summed E-state index contributed by atoms with van der Waals surface area (Å²) in [5.74, 6) is 0.176. The van der Waals surface area contributed by atoms with E-state index in [0.29, 0.717) is 0 Å². The van der Waals surface area contributed by atoms with E-state index in [1.54, 1.807) is 0 Å². The number of carbonyl (C=O) groups is 1. The lowest BCUT2D eigenvalue weighted by Crippen LogP contribution is -2.07. The van der Waals surface area contributed by atoms with Crippen molar-refractivity contribution in [2.24, 2.45) is 5.92 Å². The molecule has 2 aromatic carbocycles.